The van der Waals surface area contributed by atoms with E-state index in [1.807, 2.05) is 50.4 Å². The van der Waals surface area contributed by atoms with Crippen LogP contribution >= 0.6 is 11.3 Å². The van der Waals surface area contributed by atoms with Crippen LogP contribution in [0.4, 0.5) is 0 Å². The van der Waals surface area contributed by atoms with Crippen LogP contribution in [0.5, 0.6) is 11.5 Å². The Hall–Kier alpha value is -4.32. The lowest BCUT2D eigenvalue weighted by molar-refractivity contribution is -0.157. The Morgan fingerprint density at radius 3 is 2.44 bits per heavy atom. The standard InChI is InChI=1S/C43H53N3O8S/c1-8-26-19-43(26,41(50)51)20-36(47)35-16-29(21-46(35)40(49)31(42(4,5)6)17-39(48)54-28-13-24-12-25(24)14-28)53-37-18-33(34-22-55-38(45-34)11-23(2)3)44-32-15-27(52-7)9-10-30(32)37/h8-10,15,18,22-26,28-29,31,35H,1,11-14,16-17,19-21H2,2-7H3,(H,50,51)/t24-,25+,26?,28?,29?,31-,35+,43-/m1/s1. The number of amides is 1. The largest absolute Gasteiger partial charge is 0.497 e. The van der Waals surface area contributed by atoms with E-state index in [-0.39, 0.29) is 49.5 Å². The fraction of sp³-hybridized carbons (Fsp3) is 0.581. The van der Waals surface area contributed by atoms with Gasteiger partial charge in [0.25, 0.3) is 0 Å². The summed E-state index contributed by atoms with van der Waals surface area (Å²) in [5.74, 6) is -0.328. The zero-order valence-electron chi connectivity index (χ0n) is 32.7. The lowest BCUT2D eigenvalue weighted by Crippen LogP contribution is -2.48. The van der Waals surface area contributed by atoms with Gasteiger partial charge < -0.3 is 24.2 Å². The number of carbonyl (C=O) groups excluding carboxylic acids is 3. The van der Waals surface area contributed by atoms with Crippen LogP contribution in [0.3, 0.4) is 0 Å². The number of fused-ring (bicyclic) bond motifs is 2. The summed E-state index contributed by atoms with van der Waals surface area (Å²) in [5.41, 5.74) is 0.117. The number of aliphatic carboxylic acids is 1. The number of carbonyl (C=O) groups is 4. The van der Waals surface area contributed by atoms with Crippen LogP contribution in [-0.4, -0.2) is 75.5 Å². The average Bonchev–Trinajstić information content (AvgIpc) is 3.79. The van der Waals surface area contributed by atoms with E-state index in [1.54, 1.807) is 24.5 Å². The number of ether oxygens (including phenoxy) is 3. The highest BCUT2D eigenvalue weighted by Gasteiger charge is 2.61. The third kappa shape index (κ3) is 8.16. The van der Waals surface area contributed by atoms with E-state index in [9.17, 15) is 24.3 Å². The number of benzene rings is 1. The molecule has 12 heteroatoms. The lowest BCUT2D eigenvalue weighted by atomic mass is 9.77. The van der Waals surface area contributed by atoms with Gasteiger partial charge in [-0.2, -0.15) is 0 Å². The number of hydrogen-bond acceptors (Lipinski definition) is 10. The number of likely N-dealkylation sites (tertiary alicyclic amines) is 1. The molecule has 3 unspecified atom stereocenters. The van der Waals surface area contributed by atoms with Crippen LogP contribution in [0.2, 0.25) is 0 Å². The number of pyridine rings is 1. The second-order valence-corrected chi connectivity index (χ2v) is 18.7. The van der Waals surface area contributed by atoms with Crippen molar-refractivity contribution in [2.45, 2.75) is 104 Å². The maximum Gasteiger partial charge on any atom is 0.310 e. The number of carboxylic acids is 1. The Morgan fingerprint density at radius 1 is 1.05 bits per heavy atom. The molecule has 1 aliphatic heterocycles. The number of esters is 1. The Labute approximate surface area is 326 Å². The highest BCUT2D eigenvalue weighted by Crippen LogP contribution is 2.57. The average molecular weight is 772 g/mol. The molecule has 3 aromatic rings. The first-order valence-corrected chi connectivity index (χ1v) is 20.4. The van der Waals surface area contributed by atoms with E-state index in [1.165, 1.54) is 11.3 Å². The molecule has 0 spiro atoms. The quantitative estimate of drug-likeness (QED) is 0.122. The summed E-state index contributed by atoms with van der Waals surface area (Å²) in [6.45, 7) is 13.9. The summed E-state index contributed by atoms with van der Waals surface area (Å²) < 4.78 is 18.2. The molecule has 4 fully saturated rings. The Balaban J connectivity index is 1.19. The monoisotopic (exact) mass is 771 g/mol. The zero-order chi connectivity index (χ0) is 39.4. The predicted molar refractivity (Wildman–Crippen MR) is 209 cm³/mol. The molecule has 0 radical (unpaired) electrons. The van der Waals surface area contributed by atoms with Gasteiger partial charge in [-0.1, -0.05) is 40.7 Å². The fourth-order valence-corrected chi connectivity index (χ4v) is 9.73. The third-order valence-corrected chi connectivity index (χ3v) is 13.0. The van der Waals surface area contributed by atoms with Gasteiger partial charge in [0, 0.05) is 42.2 Å². The molecule has 1 aromatic carbocycles. The first kappa shape index (κ1) is 38.9. The zero-order valence-corrected chi connectivity index (χ0v) is 33.5. The molecule has 7 rings (SSSR count). The summed E-state index contributed by atoms with van der Waals surface area (Å²) in [7, 11) is 1.59. The molecule has 3 saturated carbocycles. The molecular weight excluding hydrogens is 719 g/mol. The van der Waals surface area contributed by atoms with Crippen LogP contribution in [-0.2, 0) is 30.3 Å². The van der Waals surface area contributed by atoms with Crippen LogP contribution in [0.15, 0.2) is 42.3 Å². The fourth-order valence-electron chi connectivity index (χ4n) is 8.73. The number of nitrogens with zero attached hydrogens (tertiary/aromatic N) is 3. The molecule has 11 nitrogen and oxygen atoms in total. The smallest absolute Gasteiger partial charge is 0.310 e. The minimum atomic E-state index is -1.24. The van der Waals surface area contributed by atoms with Crippen molar-refractivity contribution in [1.82, 2.24) is 14.9 Å². The van der Waals surface area contributed by atoms with Gasteiger partial charge in [-0.25, -0.2) is 9.97 Å². The van der Waals surface area contributed by atoms with Gasteiger partial charge in [-0.05, 0) is 66.9 Å². The molecule has 1 saturated heterocycles. The third-order valence-electron chi connectivity index (χ3n) is 12.1. The highest BCUT2D eigenvalue weighted by molar-refractivity contribution is 7.09. The van der Waals surface area contributed by atoms with Gasteiger partial charge in [-0.3, -0.25) is 19.2 Å². The van der Waals surface area contributed by atoms with Crippen molar-refractivity contribution in [2.75, 3.05) is 13.7 Å². The summed E-state index contributed by atoms with van der Waals surface area (Å²) in [6, 6.07) is 6.45. The van der Waals surface area contributed by atoms with Gasteiger partial charge in [0.05, 0.1) is 59.4 Å². The van der Waals surface area contributed by atoms with Crippen molar-refractivity contribution in [3.63, 3.8) is 0 Å². The van der Waals surface area contributed by atoms with Gasteiger partial charge in [-0.15, -0.1) is 17.9 Å². The topological polar surface area (TPSA) is 145 Å². The molecule has 0 bridgehead atoms. The van der Waals surface area contributed by atoms with Gasteiger partial charge in [0.1, 0.15) is 23.7 Å². The maximum atomic E-state index is 14.7. The first-order chi connectivity index (χ1) is 26.1. The molecule has 55 heavy (non-hydrogen) atoms. The van der Waals surface area contributed by atoms with Crippen molar-refractivity contribution < 1.29 is 38.5 Å². The molecule has 4 aliphatic rings. The van der Waals surface area contributed by atoms with E-state index in [0.717, 1.165) is 35.4 Å². The Bertz CT molecular complexity index is 1990. The lowest BCUT2D eigenvalue weighted by Gasteiger charge is -2.35. The molecular formula is C43H53N3O8S. The van der Waals surface area contributed by atoms with Gasteiger partial charge in [0.15, 0.2) is 5.78 Å². The molecule has 8 atom stereocenters. The molecule has 1 N–H and O–H groups in total. The summed E-state index contributed by atoms with van der Waals surface area (Å²) in [4.78, 5) is 66.1. The van der Waals surface area contributed by atoms with E-state index < -0.39 is 40.8 Å². The number of aromatic nitrogens is 2. The van der Waals surface area contributed by atoms with Crippen LogP contribution in [0.1, 0.15) is 84.6 Å². The minimum absolute atomic E-state index is 0.0817. The van der Waals surface area contributed by atoms with Crippen molar-refractivity contribution >= 4 is 45.9 Å². The SMILES string of the molecule is C=CC1C[C@]1(CC(=O)[C@@H]1CC(Oc2cc(-c3csc(CC(C)C)n3)nc3cc(OC)ccc23)CN1C(=O)[C@@H](CC(=O)OC1C[C@@H]2C[C@@H]2C1)C(C)(C)C)C(=O)O. The maximum absolute atomic E-state index is 14.7. The number of Topliss-reactive ketones (excluding diaryl/α,β-unsaturated/α-hetero) is 1. The van der Waals surface area contributed by atoms with E-state index in [4.69, 9.17) is 24.2 Å². The Morgan fingerprint density at radius 2 is 1.80 bits per heavy atom. The number of allylic oxidation sites excluding steroid dienone is 1. The highest BCUT2D eigenvalue weighted by atomic mass is 32.1. The molecule has 2 aromatic heterocycles. The molecule has 3 heterocycles. The van der Waals surface area contributed by atoms with Crippen LogP contribution in [0, 0.1) is 40.4 Å². The van der Waals surface area contributed by atoms with Crippen molar-refractivity contribution in [3.8, 4) is 22.9 Å². The van der Waals surface area contributed by atoms with E-state index in [0.29, 0.717) is 46.9 Å². The van der Waals surface area contributed by atoms with E-state index >= 15 is 0 Å². The number of methoxy groups -OCH3 is 1. The van der Waals surface area contributed by atoms with Gasteiger partial charge in [0.2, 0.25) is 5.91 Å². The predicted octanol–water partition coefficient (Wildman–Crippen LogP) is 7.54. The molecule has 294 valence electrons. The molecule has 1 amide bonds. The second-order valence-electron chi connectivity index (χ2n) is 17.7. The normalized spacial score (nSPS) is 27.4. The minimum Gasteiger partial charge on any atom is -0.497 e. The summed E-state index contributed by atoms with van der Waals surface area (Å²) >= 11 is 1.58. The van der Waals surface area contributed by atoms with Gasteiger partial charge >= 0.3 is 11.9 Å². The number of thiazole rings is 1. The van der Waals surface area contributed by atoms with Crippen molar-refractivity contribution in [1.29, 1.82) is 0 Å². The second kappa shape index (κ2) is 15.0. The van der Waals surface area contributed by atoms with Crippen molar-refractivity contribution in [3.05, 3.63) is 47.3 Å². The van der Waals surface area contributed by atoms with Crippen LogP contribution in [0.25, 0.3) is 22.3 Å². The number of ketones is 1. The Kier molecular flexibility index (Phi) is 10.6. The number of rotatable bonds is 15. The molecule has 3 aliphatic carbocycles. The van der Waals surface area contributed by atoms with E-state index in [2.05, 4.69) is 20.4 Å². The van der Waals surface area contributed by atoms with Crippen molar-refractivity contribution in [2.24, 2.45) is 40.4 Å². The summed E-state index contributed by atoms with van der Waals surface area (Å²) in [5, 5.41) is 13.9. The first-order valence-electron chi connectivity index (χ1n) is 19.6. The number of hydrogen-bond donors (Lipinski definition) is 1. The number of carboxylic acid groups (broad SMARTS) is 1. The summed E-state index contributed by atoms with van der Waals surface area (Å²) in [6.07, 6.45) is 4.83. The van der Waals surface area contributed by atoms with Crippen LogP contribution < -0.4 is 9.47 Å².